The van der Waals surface area contributed by atoms with E-state index < -0.39 is 41.6 Å². The summed E-state index contributed by atoms with van der Waals surface area (Å²) >= 11 is 0. The largest absolute Gasteiger partial charge is 0.465 e. The maximum Gasteiger partial charge on any atom is 0.312 e. The minimum absolute atomic E-state index is 0.0309. The van der Waals surface area contributed by atoms with Crippen LogP contribution in [-0.2, 0) is 23.9 Å². The van der Waals surface area contributed by atoms with E-state index in [9.17, 15) is 19.5 Å². The Balaban J connectivity index is 1.81. The first-order valence-electron chi connectivity index (χ1n) is 13.3. The number of aliphatic hydroxyl groups is 1. The molecule has 194 valence electrons. The van der Waals surface area contributed by atoms with Crippen molar-refractivity contribution < 1.29 is 29.0 Å². The van der Waals surface area contributed by atoms with Crippen molar-refractivity contribution in [2.75, 3.05) is 26.3 Å². The number of carbonyl (C=O) groups is 3. The summed E-state index contributed by atoms with van der Waals surface area (Å²) in [5.41, 5.74) is -1.27. The van der Waals surface area contributed by atoms with Crippen LogP contribution in [0.5, 0.6) is 0 Å². The van der Waals surface area contributed by atoms with Crippen molar-refractivity contribution in [2.24, 2.45) is 17.8 Å². The number of hydrogen-bond donors (Lipinski definition) is 1. The van der Waals surface area contributed by atoms with Gasteiger partial charge in [0.1, 0.15) is 17.6 Å². The fourth-order valence-electron chi connectivity index (χ4n) is 6.17. The van der Waals surface area contributed by atoms with Crippen LogP contribution in [0, 0.1) is 17.8 Å². The fourth-order valence-corrected chi connectivity index (χ4v) is 6.17. The number of rotatable bonds is 8. The molecule has 0 aromatic heterocycles. The molecular weight excluding hydrogens is 448 g/mol. The number of likely N-dealkylation sites (tertiary alicyclic amines) is 1. The van der Waals surface area contributed by atoms with Crippen LogP contribution in [-0.4, -0.2) is 82.8 Å². The van der Waals surface area contributed by atoms with E-state index in [1.807, 2.05) is 38.2 Å². The maximum atomic E-state index is 14.2. The Kier molecular flexibility index (Phi) is 8.01. The molecule has 0 bridgehead atoms. The van der Waals surface area contributed by atoms with E-state index in [4.69, 9.17) is 9.47 Å². The number of carbonyl (C=O) groups excluding carboxylic acids is 3. The van der Waals surface area contributed by atoms with Gasteiger partial charge in [0.2, 0.25) is 11.8 Å². The molecule has 4 aliphatic heterocycles. The standard InChI is InChI=1S/C27H40N2O6/c1-4-6-9-14-28-15-11-13-27-22(21-20(35-27)12-8-7-10-16-34-26(21)33)24(31)29(23(27)25(28)32)19(17-30)18(3)5-2/h8,11-13,18-23,30H,4-7,9-10,14-17H2,1-3H3/b12-8-/t18-,19-,20+,21-,22-,23?,27-/m0/s1. The molecule has 2 saturated heterocycles. The lowest BCUT2D eigenvalue weighted by atomic mass is 9.78. The lowest BCUT2D eigenvalue weighted by Crippen LogP contribution is -2.59. The topological polar surface area (TPSA) is 96.4 Å². The smallest absolute Gasteiger partial charge is 0.312 e. The van der Waals surface area contributed by atoms with Crippen LogP contribution in [0.4, 0.5) is 0 Å². The molecule has 2 amide bonds. The van der Waals surface area contributed by atoms with Gasteiger partial charge in [-0.25, -0.2) is 0 Å². The molecule has 0 radical (unpaired) electrons. The number of unbranched alkanes of at least 4 members (excludes halogenated alkanes) is 2. The van der Waals surface area contributed by atoms with E-state index in [2.05, 4.69) is 6.92 Å². The van der Waals surface area contributed by atoms with Crippen molar-refractivity contribution in [2.45, 2.75) is 83.1 Å². The van der Waals surface area contributed by atoms with E-state index in [-0.39, 0.29) is 24.3 Å². The number of ether oxygens (including phenoxy) is 2. The number of amides is 2. The minimum Gasteiger partial charge on any atom is -0.465 e. The SMILES string of the molecule is CCCCCN1CC=C[C@]23O[C@@H]4/C=C\CCCOC(=O)[C@@H]4[C@H]2C(=O)N([C@@H](CO)[C@@H](C)CC)C3C1=O. The van der Waals surface area contributed by atoms with E-state index >= 15 is 0 Å². The van der Waals surface area contributed by atoms with Gasteiger partial charge in [-0.1, -0.05) is 64.3 Å². The Bertz CT molecular complexity index is 872. The molecular formula is C27H40N2O6. The molecule has 0 aliphatic carbocycles. The van der Waals surface area contributed by atoms with Crippen LogP contribution in [0.15, 0.2) is 24.3 Å². The first kappa shape index (κ1) is 25.9. The van der Waals surface area contributed by atoms with Gasteiger partial charge in [0, 0.05) is 13.1 Å². The van der Waals surface area contributed by atoms with Crippen LogP contribution in [0.1, 0.15) is 59.3 Å². The second kappa shape index (κ2) is 10.8. The van der Waals surface area contributed by atoms with Crippen molar-refractivity contribution in [1.29, 1.82) is 0 Å². The zero-order chi connectivity index (χ0) is 25.2. The molecule has 8 heteroatoms. The van der Waals surface area contributed by atoms with Gasteiger partial charge in [-0.05, 0) is 25.2 Å². The van der Waals surface area contributed by atoms with Gasteiger partial charge in [-0.3, -0.25) is 14.4 Å². The first-order valence-corrected chi connectivity index (χ1v) is 13.3. The average molecular weight is 489 g/mol. The number of fused-ring (bicyclic) bond motifs is 2. The van der Waals surface area contributed by atoms with E-state index in [0.29, 0.717) is 26.1 Å². The van der Waals surface area contributed by atoms with Crippen LogP contribution in [0.3, 0.4) is 0 Å². The van der Waals surface area contributed by atoms with Crippen molar-refractivity contribution in [3.8, 4) is 0 Å². The highest BCUT2D eigenvalue weighted by Crippen LogP contribution is 2.54. The number of hydrogen-bond acceptors (Lipinski definition) is 6. The molecule has 4 heterocycles. The monoisotopic (exact) mass is 488 g/mol. The Labute approximate surface area is 208 Å². The maximum absolute atomic E-state index is 14.2. The molecule has 4 aliphatic rings. The summed E-state index contributed by atoms with van der Waals surface area (Å²) in [5.74, 6) is -2.67. The average Bonchev–Trinajstić information content (AvgIpc) is 3.26. The zero-order valence-electron chi connectivity index (χ0n) is 21.2. The van der Waals surface area contributed by atoms with Crippen molar-refractivity contribution >= 4 is 17.8 Å². The second-order valence-electron chi connectivity index (χ2n) is 10.4. The molecule has 4 rings (SSSR count). The van der Waals surface area contributed by atoms with Gasteiger partial charge >= 0.3 is 5.97 Å². The normalized spacial score (nSPS) is 35.3. The van der Waals surface area contributed by atoms with Crippen LogP contribution in [0.25, 0.3) is 0 Å². The van der Waals surface area contributed by atoms with Gasteiger partial charge in [0.05, 0.1) is 31.3 Å². The van der Waals surface area contributed by atoms with Crippen LogP contribution in [0.2, 0.25) is 0 Å². The molecule has 8 nitrogen and oxygen atoms in total. The summed E-state index contributed by atoms with van der Waals surface area (Å²) in [7, 11) is 0. The number of esters is 1. The first-order chi connectivity index (χ1) is 16.9. The Morgan fingerprint density at radius 3 is 2.69 bits per heavy atom. The highest BCUT2D eigenvalue weighted by molar-refractivity contribution is 5.99. The third-order valence-corrected chi connectivity index (χ3v) is 8.25. The van der Waals surface area contributed by atoms with Crippen molar-refractivity contribution in [3.05, 3.63) is 24.3 Å². The molecule has 7 atom stereocenters. The summed E-state index contributed by atoms with van der Waals surface area (Å²) in [5, 5.41) is 10.4. The summed E-state index contributed by atoms with van der Waals surface area (Å²) in [6.45, 7) is 7.16. The molecule has 0 aromatic carbocycles. The summed E-state index contributed by atoms with van der Waals surface area (Å²) in [6.07, 6.45) is 12.1. The minimum atomic E-state index is -1.27. The van der Waals surface area contributed by atoms with Crippen LogP contribution < -0.4 is 0 Å². The number of aliphatic hydroxyl groups excluding tert-OH is 1. The lowest BCUT2D eigenvalue weighted by molar-refractivity contribution is -0.157. The molecule has 0 saturated carbocycles. The van der Waals surface area contributed by atoms with Crippen LogP contribution >= 0.6 is 0 Å². The summed E-state index contributed by atoms with van der Waals surface area (Å²) in [4.78, 5) is 44.9. The van der Waals surface area contributed by atoms with E-state index in [1.165, 1.54) is 0 Å². The highest BCUT2D eigenvalue weighted by Gasteiger charge is 2.72. The third kappa shape index (κ3) is 4.44. The number of allylic oxidation sites excluding steroid dienone is 1. The zero-order valence-corrected chi connectivity index (χ0v) is 21.2. The number of cyclic esters (lactones) is 1. The van der Waals surface area contributed by atoms with Gasteiger partial charge in [0.25, 0.3) is 0 Å². The molecule has 1 spiro atoms. The van der Waals surface area contributed by atoms with E-state index in [0.717, 1.165) is 32.1 Å². The van der Waals surface area contributed by atoms with Gasteiger partial charge in [-0.15, -0.1) is 0 Å². The molecule has 35 heavy (non-hydrogen) atoms. The highest BCUT2D eigenvalue weighted by atomic mass is 16.6. The molecule has 1 N–H and O–H groups in total. The summed E-state index contributed by atoms with van der Waals surface area (Å²) in [6, 6.07) is -1.47. The van der Waals surface area contributed by atoms with Gasteiger partial charge in [-0.2, -0.15) is 0 Å². The van der Waals surface area contributed by atoms with Crippen molar-refractivity contribution in [3.63, 3.8) is 0 Å². The lowest BCUT2D eigenvalue weighted by Gasteiger charge is -2.40. The summed E-state index contributed by atoms with van der Waals surface area (Å²) < 4.78 is 12.2. The molecule has 1 unspecified atom stereocenters. The molecule has 2 fully saturated rings. The third-order valence-electron chi connectivity index (χ3n) is 8.25. The van der Waals surface area contributed by atoms with Gasteiger partial charge in [0.15, 0.2) is 0 Å². The Morgan fingerprint density at radius 2 is 1.97 bits per heavy atom. The Morgan fingerprint density at radius 1 is 1.17 bits per heavy atom. The van der Waals surface area contributed by atoms with Gasteiger partial charge < -0.3 is 24.4 Å². The number of nitrogens with zero attached hydrogens (tertiary/aromatic N) is 2. The molecule has 0 aromatic rings. The second-order valence-corrected chi connectivity index (χ2v) is 10.4. The predicted octanol–water partition coefficient (Wildman–Crippen LogP) is 2.46. The van der Waals surface area contributed by atoms with Crippen molar-refractivity contribution in [1.82, 2.24) is 9.80 Å². The van der Waals surface area contributed by atoms with E-state index in [1.54, 1.807) is 9.80 Å². The fraction of sp³-hybridized carbons (Fsp3) is 0.741. The predicted molar refractivity (Wildman–Crippen MR) is 130 cm³/mol. The Hall–Kier alpha value is -2.19. The quantitative estimate of drug-likeness (QED) is 0.320.